The van der Waals surface area contributed by atoms with Crippen molar-refractivity contribution in [3.63, 3.8) is 0 Å². The standard InChI is InChI=1S/C36H38F3N5O3S/c1-23(2)31-18-17-30(46-5)20-32(31)44-25(4)21-48-35(44)41-33(45)8-6-7-24(3)19-26-9-11-27(12-10-26)34-40-22-43(42-34)28-13-15-29(16-14-28)47-36(37,38)39/h9-18,20-24H,6-8,19H2,1-5H3. The summed E-state index contributed by atoms with van der Waals surface area (Å²) in [6, 6.07) is 19.4. The molecular formula is C36H38F3N5O3S. The molecular weight excluding hydrogens is 639 g/mol. The molecule has 252 valence electrons. The maximum absolute atomic E-state index is 13.0. The highest BCUT2D eigenvalue weighted by atomic mass is 32.1. The van der Waals surface area contributed by atoms with E-state index in [0.717, 1.165) is 53.1 Å². The van der Waals surface area contributed by atoms with Gasteiger partial charge in [0.15, 0.2) is 10.6 Å². The third-order valence-electron chi connectivity index (χ3n) is 7.91. The third kappa shape index (κ3) is 8.80. The number of benzene rings is 3. The van der Waals surface area contributed by atoms with Crippen LogP contribution in [0.1, 0.15) is 62.8 Å². The summed E-state index contributed by atoms with van der Waals surface area (Å²) in [5.74, 6) is 1.48. The third-order valence-corrected chi connectivity index (χ3v) is 8.85. The number of carbonyl (C=O) groups is 1. The topological polar surface area (TPSA) is 83.5 Å². The Morgan fingerprint density at radius 2 is 1.71 bits per heavy atom. The number of hydrogen-bond acceptors (Lipinski definition) is 6. The lowest BCUT2D eigenvalue weighted by molar-refractivity contribution is -0.274. The van der Waals surface area contributed by atoms with E-state index in [1.165, 1.54) is 46.6 Å². The summed E-state index contributed by atoms with van der Waals surface area (Å²) in [6.45, 7) is 8.48. The first-order valence-electron chi connectivity index (χ1n) is 15.7. The van der Waals surface area contributed by atoms with Crippen LogP contribution < -0.4 is 14.3 Å². The molecule has 0 N–H and O–H groups in total. The first-order valence-corrected chi connectivity index (χ1v) is 16.6. The maximum atomic E-state index is 13.0. The minimum Gasteiger partial charge on any atom is -0.497 e. The van der Waals surface area contributed by atoms with Crippen LogP contribution in [0.15, 0.2) is 83.4 Å². The highest BCUT2D eigenvalue weighted by Crippen LogP contribution is 2.28. The van der Waals surface area contributed by atoms with Crippen molar-refractivity contribution in [1.29, 1.82) is 0 Å². The number of aromatic nitrogens is 4. The van der Waals surface area contributed by atoms with E-state index in [4.69, 9.17) is 4.74 Å². The quantitative estimate of drug-likeness (QED) is 0.132. The van der Waals surface area contributed by atoms with Gasteiger partial charge < -0.3 is 9.47 Å². The van der Waals surface area contributed by atoms with Gasteiger partial charge in [-0.15, -0.1) is 29.6 Å². The van der Waals surface area contributed by atoms with Gasteiger partial charge in [0, 0.05) is 29.1 Å². The average molecular weight is 678 g/mol. The van der Waals surface area contributed by atoms with Crippen LogP contribution >= 0.6 is 11.3 Å². The first kappa shape index (κ1) is 34.6. The summed E-state index contributed by atoms with van der Waals surface area (Å²) in [5.41, 5.74) is 5.69. The molecule has 0 radical (unpaired) electrons. The highest BCUT2D eigenvalue weighted by molar-refractivity contribution is 7.07. The van der Waals surface area contributed by atoms with Crippen LogP contribution in [0.2, 0.25) is 0 Å². The van der Waals surface area contributed by atoms with Gasteiger partial charge in [-0.3, -0.25) is 9.36 Å². The van der Waals surface area contributed by atoms with Gasteiger partial charge in [-0.2, -0.15) is 4.99 Å². The van der Waals surface area contributed by atoms with Crippen molar-refractivity contribution >= 4 is 17.2 Å². The Morgan fingerprint density at radius 1 is 1.00 bits per heavy atom. The number of rotatable bonds is 12. The second kappa shape index (κ2) is 15.0. The van der Waals surface area contributed by atoms with E-state index >= 15 is 0 Å². The lowest BCUT2D eigenvalue weighted by Gasteiger charge is -2.16. The molecule has 0 aliphatic carbocycles. The Bertz CT molecular complexity index is 1910. The Balaban J connectivity index is 1.15. The van der Waals surface area contributed by atoms with Gasteiger partial charge >= 0.3 is 6.36 Å². The first-order chi connectivity index (χ1) is 22.9. The number of halogens is 3. The Morgan fingerprint density at radius 3 is 2.38 bits per heavy atom. The molecule has 5 rings (SSSR count). The smallest absolute Gasteiger partial charge is 0.497 e. The van der Waals surface area contributed by atoms with Crippen molar-refractivity contribution < 1.29 is 27.4 Å². The molecule has 1 unspecified atom stereocenters. The van der Waals surface area contributed by atoms with E-state index in [1.807, 2.05) is 53.3 Å². The molecule has 0 aliphatic heterocycles. The molecule has 5 aromatic rings. The van der Waals surface area contributed by atoms with Gasteiger partial charge in [0.2, 0.25) is 5.91 Å². The number of carbonyl (C=O) groups excluding carboxylic acids is 1. The molecule has 0 fully saturated rings. The molecule has 48 heavy (non-hydrogen) atoms. The van der Waals surface area contributed by atoms with Crippen LogP contribution in [0.3, 0.4) is 0 Å². The fourth-order valence-corrected chi connectivity index (χ4v) is 6.36. The molecule has 0 saturated carbocycles. The SMILES string of the molecule is COc1ccc(C(C)C)c(-n2c(C)csc2=NC(=O)CCCC(C)Cc2ccc(-c3ncn(-c4ccc(OC(F)(F)F)cc4)n3)cc2)c1. The van der Waals surface area contributed by atoms with E-state index in [1.54, 1.807) is 7.11 Å². The fourth-order valence-electron chi connectivity index (χ4n) is 5.47. The van der Waals surface area contributed by atoms with Crippen LogP contribution in [0.25, 0.3) is 22.8 Å². The van der Waals surface area contributed by atoms with Crippen molar-refractivity contribution in [2.24, 2.45) is 10.9 Å². The minimum atomic E-state index is -4.74. The van der Waals surface area contributed by atoms with Crippen LogP contribution in [0.4, 0.5) is 13.2 Å². The van der Waals surface area contributed by atoms with Crippen molar-refractivity contribution in [3.05, 3.63) is 100 Å². The van der Waals surface area contributed by atoms with E-state index in [0.29, 0.717) is 34.6 Å². The Hall–Kier alpha value is -4.71. The zero-order valence-corrected chi connectivity index (χ0v) is 28.3. The van der Waals surface area contributed by atoms with Crippen LogP contribution in [-0.4, -0.2) is 38.7 Å². The summed E-state index contributed by atoms with van der Waals surface area (Å²) < 4.78 is 50.3. The molecule has 0 saturated heterocycles. The van der Waals surface area contributed by atoms with Crippen molar-refractivity contribution in [2.45, 2.75) is 65.7 Å². The summed E-state index contributed by atoms with van der Waals surface area (Å²) in [5, 5.41) is 6.49. The molecule has 0 bridgehead atoms. The maximum Gasteiger partial charge on any atom is 0.573 e. The van der Waals surface area contributed by atoms with Crippen LogP contribution in [0.5, 0.6) is 11.5 Å². The molecule has 2 aromatic heterocycles. The van der Waals surface area contributed by atoms with Gasteiger partial charge in [0.1, 0.15) is 17.8 Å². The van der Waals surface area contributed by atoms with Gasteiger partial charge in [0.05, 0.1) is 18.5 Å². The van der Waals surface area contributed by atoms with Crippen molar-refractivity contribution in [3.8, 4) is 34.3 Å². The van der Waals surface area contributed by atoms with Crippen molar-refractivity contribution in [2.75, 3.05) is 7.11 Å². The molecule has 3 aromatic carbocycles. The molecule has 2 heterocycles. The van der Waals surface area contributed by atoms with E-state index < -0.39 is 6.36 Å². The zero-order valence-electron chi connectivity index (χ0n) is 27.5. The largest absolute Gasteiger partial charge is 0.573 e. The number of alkyl halides is 3. The number of amides is 1. The number of ether oxygens (including phenoxy) is 2. The minimum absolute atomic E-state index is 0.131. The number of nitrogens with zero attached hydrogens (tertiary/aromatic N) is 5. The molecule has 12 heteroatoms. The lowest BCUT2D eigenvalue weighted by atomic mass is 9.95. The number of thiazole rings is 1. The number of hydrogen-bond donors (Lipinski definition) is 0. The Labute approximate surface area is 281 Å². The second-order valence-electron chi connectivity index (χ2n) is 12.0. The van der Waals surface area contributed by atoms with Gasteiger partial charge in [-0.05, 0) is 79.5 Å². The number of methoxy groups -OCH3 is 1. The molecule has 0 aliphatic rings. The fraction of sp³-hybridized carbons (Fsp3) is 0.333. The van der Waals surface area contributed by atoms with Gasteiger partial charge in [-0.25, -0.2) is 9.67 Å². The summed E-state index contributed by atoms with van der Waals surface area (Å²) in [4.78, 5) is 22.5. The van der Waals surface area contributed by atoms with Crippen LogP contribution in [-0.2, 0) is 11.2 Å². The summed E-state index contributed by atoms with van der Waals surface area (Å²) >= 11 is 1.46. The average Bonchev–Trinajstić information content (AvgIpc) is 3.67. The van der Waals surface area contributed by atoms with Crippen molar-refractivity contribution in [1.82, 2.24) is 19.3 Å². The molecule has 8 nitrogen and oxygen atoms in total. The lowest BCUT2D eigenvalue weighted by Crippen LogP contribution is -2.18. The molecule has 0 spiro atoms. The van der Waals surface area contributed by atoms with Gasteiger partial charge in [-0.1, -0.05) is 51.1 Å². The highest BCUT2D eigenvalue weighted by Gasteiger charge is 2.31. The second-order valence-corrected chi connectivity index (χ2v) is 12.9. The summed E-state index contributed by atoms with van der Waals surface area (Å²) in [7, 11) is 1.65. The normalized spacial score (nSPS) is 12.8. The van der Waals surface area contributed by atoms with Gasteiger partial charge in [0.25, 0.3) is 0 Å². The number of aryl methyl sites for hydroxylation is 1. The predicted molar refractivity (Wildman–Crippen MR) is 180 cm³/mol. The molecule has 1 amide bonds. The van der Waals surface area contributed by atoms with E-state index in [2.05, 4.69) is 46.6 Å². The predicted octanol–water partition coefficient (Wildman–Crippen LogP) is 8.60. The van der Waals surface area contributed by atoms with Crippen LogP contribution in [0, 0.1) is 12.8 Å². The zero-order chi connectivity index (χ0) is 34.4. The van der Waals surface area contributed by atoms with E-state index in [-0.39, 0.29) is 11.7 Å². The van der Waals surface area contributed by atoms with E-state index in [9.17, 15) is 18.0 Å². The molecule has 1 atom stereocenters. The monoisotopic (exact) mass is 677 g/mol. The Kier molecular flexibility index (Phi) is 10.8. The summed E-state index contributed by atoms with van der Waals surface area (Å²) in [6.07, 6.45) is -0.364.